The smallest absolute Gasteiger partial charge is 0.253 e. The second-order valence-corrected chi connectivity index (χ2v) is 6.37. The minimum absolute atomic E-state index is 0.0227. The van der Waals surface area contributed by atoms with Crippen molar-refractivity contribution in [1.29, 1.82) is 0 Å². The number of alkyl halides is 1. The molecule has 0 N–H and O–H groups in total. The first-order valence-corrected chi connectivity index (χ1v) is 7.04. The van der Waals surface area contributed by atoms with Gasteiger partial charge >= 0.3 is 0 Å². The maximum atomic E-state index is 13.0. The number of benzene rings is 1. The van der Waals surface area contributed by atoms with E-state index >= 15 is 0 Å². The molecule has 0 radical (unpaired) electrons. The first kappa shape index (κ1) is 13.5. The summed E-state index contributed by atoms with van der Waals surface area (Å²) in [5.41, 5.74) is 1.28. The third-order valence-corrected chi connectivity index (χ3v) is 4.22. The SMILES string of the molecule is Cc1cc(F)ccc1C(=O)N(C)CC1CC(Br)C1. The fourth-order valence-corrected chi connectivity index (χ4v) is 3.40. The zero-order valence-corrected chi connectivity index (χ0v) is 12.2. The molecule has 4 heteroatoms. The van der Waals surface area contributed by atoms with E-state index in [4.69, 9.17) is 0 Å². The highest BCUT2D eigenvalue weighted by molar-refractivity contribution is 9.09. The van der Waals surface area contributed by atoms with Crippen LogP contribution >= 0.6 is 15.9 Å². The van der Waals surface area contributed by atoms with Crippen LogP contribution < -0.4 is 0 Å². The Morgan fingerprint density at radius 2 is 2.17 bits per heavy atom. The second-order valence-electron chi connectivity index (χ2n) is 5.08. The van der Waals surface area contributed by atoms with Crippen molar-refractivity contribution in [2.45, 2.75) is 24.6 Å². The van der Waals surface area contributed by atoms with E-state index in [1.807, 2.05) is 7.05 Å². The second kappa shape index (κ2) is 5.39. The van der Waals surface area contributed by atoms with Gasteiger partial charge in [0.15, 0.2) is 0 Å². The average Bonchev–Trinajstić information content (AvgIpc) is 2.26. The Bertz CT molecular complexity index is 457. The number of nitrogens with zero attached hydrogens (tertiary/aromatic N) is 1. The third kappa shape index (κ3) is 2.91. The number of aryl methyl sites for hydroxylation is 1. The summed E-state index contributed by atoms with van der Waals surface area (Å²) in [4.78, 5) is 14.6. The van der Waals surface area contributed by atoms with E-state index in [0.717, 1.165) is 19.4 Å². The maximum absolute atomic E-state index is 13.0. The topological polar surface area (TPSA) is 20.3 Å². The molecule has 1 aromatic rings. The molecule has 0 spiro atoms. The highest BCUT2D eigenvalue weighted by atomic mass is 79.9. The molecule has 1 saturated carbocycles. The molecule has 0 aliphatic heterocycles. The molecule has 0 atom stereocenters. The molecular formula is C14H17BrFNO. The molecule has 1 aliphatic carbocycles. The molecule has 1 aliphatic rings. The Kier molecular flexibility index (Phi) is 4.05. The van der Waals surface area contributed by atoms with Crippen LogP contribution in [0.3, 0.4) is 0 Å². The molecule has 0 aromatic heterocycles. The molecule has 0 unspecified atom stereocenters. The standard InChI is InChI=1S/C14H17BrFNO/c1-9-5-12(16)3-4-13(9)14(18)17(2)8-10-6-11(15)7-10/h3-5,10-11H,6-8H2,1-2H3. The summed E-state index contributed by atoms with van der Waals surface area (Å²) in [6, 6.07) is 4.31. The normalized spacial score (nSPS) is 22.4. The monoisotopic (exact) mass is 313 g/mol. The van der Waals surface area contributed by atoms with Gasteiger partial charge in [0, 0.05) is 24.0 Å². The summed E-state index contributed by atoms with van der Waals surface area (Å²) in [5, 5.41) is 0. The van der Waals surface area contributed by atoms with Crippen LogP contribution in [0.2, 0.25) is 0 Å². The van der Waals surface area contributed by atoms with E-state index in [1.165, 1.54) is 12.1 Å². The van der Waals surface area contributed by atoms with Crippen molar-refractivity contribution in [2.75, 3.05) is 13.6 Å². The number of carbonyl (C=O) groups excluding carboxylic acids is 1. The third-order valence-electron chi connectivity index (χ3n) is 3.48. The number of rotatable bonds is 3. The highest BCUT2D eigenvalue weighted by Gasteiger charge is 2.29. The minimum Gasteiger partial charge on any atom is -0.341 e. The maximum Gasteiger partial charge on any atom is 0.253 e. The summed E-state index contributed by atoms with van der Waals surface area (Å²) in [6.07, 6.45) is 2.25. The van der Waals surface area contributed by atoms with Gasteiger partial charge in [-0.05, 0) is 49.4 Å². The zero-order chi connectivity index (χ0) is 13.3. The molecule has 98 valence electrons. The molecule has 0 bridgehead atoms. The van der Waals surface area contributed by atoms with Crippen LogP contribution in [0.4, 0.5) is 4.39 Å². The van der Waals surface area contributed by atoms with Crippen molar-refractivity contribution in [1.82, 2.24) is 4.90 Å². The number of halogens is 2. The number of hydrogen-bond donors (Lipinski definition) is 0. The molecule has 1 amide bonds. The van der Waals surface area contributed by atoms with Crippen molar-refractivity contribution in [3.8, 4) is 0 Å². The summed E-state index contributed by atoms with van der Waals surface area (Å²) >= 11 is 3.55. The predicted molar refractivity (Wildman–Crippen MR) is 73.5 cm³/mol. The molecule has 0 heterocycles. The Hall–Kier alpha value is -0.900. The van der Waals surface area contributed by atoms with E-state index in [9.17, 15) is 9.18 Å². The Labute approximate surface area is 115 Å². The summed E-state index contributed by atoms with van der Waals surface area (Å²) in [6.45, 7) is 2.54. The number of amides is 1. The molecule has 1 fully saturated rings. The predicted octanol–water partition coefficient (Wildman–Crippen LogP) is 3.38. The van der Waals surface area contributed by atoms with Gasteiger partial charge in [0.1, 0.15) is 5.82 Å². The largest absolute Gasteiger partial charge is 0.341 e. The minimum atomic E-state index is -0.298. The molecule has 1 aromatic carbocycles. The van der Waals surface area contributed by atoms with Crippen LogP contribution in [0, 0.1) is 18.7 Å². The van der Waals surface area contributed by atoms with Gasteiger partial charge in [-0.15, -0.1) is 0 Å². The lowest BCUT2D eigenvalue weighted by Gasteiger charge is -2.34. The number of carbonyl (C=O) groups is 1. The van der Waals surface area contributed by atoms with Crippen molar-refractivity contribution in [2.24, 2.45) is 5.92 Å². The zero-order valence-electron chi connectivity index (χ0n) is 10.6. The quantitative estimate of drug-likeness (QED) is 0.783. The van der Waals surface area contributed by atoms with Gasteiger partial charge in [0.05, 0.1) is 0 Å². The van der Waals surface area contributed by atoms with E-state index < -0.39 is 0 Å². The van der Waals surface area contributed by atoms with Crippen LogP contribution in [-0.2, 0) is 0 Å². The van der Waals surface area contributed by atoms with E-state index in [-0.39, 0.29) is 11.7 Å². The van der Waals surface area contributed by atoms with Gasteiger partial charge in [-0.25, -0.2) is 4.39 Å². The van der Waals surface area contributed by atoms with E-state index in [0.29, 0.717) is 21.9 Å². The van der Waals surface area contributed by atoms with Gasteiger partial charge in [0.2, 0.25) is 0 Å². The fourth-order valence-electron chi connectivity index (χ4n) is 2.35. The summed E-state index contributed by atoms with van der Waals surface area (Å²) in [7, 11) is 1.81. The molecule has 0 saturated heterocycles. The Morgan fingerprint density at radius 1 is 1.50 bits per heavy atom. The fraction of sp³-hybridized carbons (Fsp3) is 0.500. The van der Waals surface area contributed by atoms with E-state index in [1.54, 1.807) is 17.9 Å². The lowest BCUT2D eigenvalue weighted by Crippen LogP contribution is -2.38. The Morgan fingerprint density at radius 3 is 2.72 bits per heavy atom. The van der Waals surface area contributed by atoms with Gasteiger partial charge in [-0.1, -0.05) is 15.9 Å². The van der Waals surface area contributed by atoms with Gasteiger partial charge in [-0.2, -0.15) is 0 Å². The first-order valence-electron chi connectivity index (χ1n) is 6.13. The van der Waals surface area contributed by atoms with Crippen molar-refractivity contribution in [3.63, 3.8) is 0 Å². The summed E-state index contributed by atoms with van der Waals surface area (Å²) in [5.74, 6) is 0.266. The Balaban J connectivity index is 2.01. The van der Waals surface area contributed by atoms with Crippen molar-refractivity contribution in [3.05, 3.63) is 35.1 Å². The lowest BCUT2D eigenvalue weighted by molar-refractivity contribution is 0.0748. The van der Waals surface area contributed by atoms with Gasteiger partial charge in [-0.3, -0.25) is 4.79 Å². The number of hydrogen-bond acceptors (Lipinski definition) is 1. The average molecular weight is 314 g/mol. The molecule has 18 heavy (non-hydrogen) atoms. The summed E-state index contributed by atoms with van der Waals surface area (Å²) < 4.78 is 13.0. The van der Waals surface area contributed by atoms with Crippen LogP contribution in [0.1, 0.15) is 28.8 Å². The van der Waals surface area contributed by atoms with Crippen molar-refractivity contribution >= 4 is 21.8 Å². The van der Waals surface area contributed by atoms with E-state index in [2.05, 4.69) is 15.9 Å². The van der Waals surface area contributed by atoms with Crippen LogP contribution in [0.5, 0.6) is 0 Å². The molecule has 2 nitrogen and oxygen atoms in total. The van der Waals surface area contributed by atoms with Crippen LogP contribution in [-0.4, -0.2) is 29.2 Å². The lowest BCUT2D eigenvalue weighted by atomic mass is 9.85. The van der Waals surface area contributed by atoms with Gasteiger partial charge < -0.3 is 4.90 Å². The molecular weight excluding hydrogens is 297 g/mol. The van der Waals surface area contributed by atoms with Crippen LogP contribution in [0.15, 0.2) is 18.2 Å². The first-order chi connectivity index (χ1) is 8.47. The van der Waals surface area contributed by atoms with Crippen LogP contribution in [0.25, 0.3) is 0 Å². The van der Waals surface area contributed by atoms with Crippen molar-refractivity contribution < 1.29 is 9.18 Å². The highest BCUT2D eigenvalue weighted by Crippen LogP contribution is 2.33. The molecule has 2 rings (SSSR count). The van der Waals surface area contributed by atoms with Gasteiger partial charge in [0.25, 0.3) is 5.91 Å².